The number of rotatable bonds is 8. The Bertz CT molecular complexity index is 1840. The van der Waals surface area contributed by atoms with Crippen molar-refractivity contribution >= 4 is 34.7 Å². The predicted molar refractivity (Wildman–Crippen MR) is 213 cm³/mol. The third-order valence-corrected chi connectivity index (χ3v) is 13.4. The van der Waals surface area contributed by atoms with E-state index in [2.05, 4.69) is 14.9 Å². The van der Waals surface area contributed by atoms with Gasteiger partial charge < -0.3 is 33.7 Å². The normalized spacial score (nSPS) is 38.6. The fraction of sp³-hybridized carbons (Fsp3) is 0.721. The number of para-hydroxylation sites is 1. The number of aromatic nitrogens is 2. The monoisotopic (exact) mass is 809 g/mol. The summed E-state index contributed by atoms with van der Waals surface area (Å²) in [6.07, 6.45) is -0.720. The van der Waals surface area contributed by atoms with Crippen LogP contribution in [0.1, 0.15) is 80.2 Å². The Morgan fingerprint density at radius 2 is 1.67 bits per heavy atom. The Morgan fingerprint density at radius 3 is 2.33 bits per heavy atom. The predicted octanol–water partition coefficient (Wildman–Crippen LogP) is 4.02. The lowest BCUT2D eigenvalue weighted by Crippen LogP contribution is -2.65. The van der Waals surface area contributed by atoms with E-state index in [9.17, 15) is 24.3 Å². The molecule has 1 amide bonds. The van der Waals surface area contributed by atoms with E-state index in [1.807, 2.05) is 64.9 Å². The van der Waals surface area contributed by atoms with Crippen LogP contribution >= 0.6 is 0 Å². The van der Waals surface area contributed by atoms with Crippen LogP contribution in [0.5, 0.6) is 0 Å². The summed E-state index contributed by atoms with van der Waals surface area (Å²) < 4.78 is 31.4. The summed E-state index contributed by atoms with van der Waals surface area (Å²) in [7, 11) is 5.25. The van der Waals surface area contributed by atoms with Crippen molar-refractivity contribution in [2.75, 3.05) is 34.3 Å². The number of nitrogens with zero attached hydrogens (tertiary/aromatic N) is 5. The second-order valence-corrected chi connectivity index (χ2v) is 17.8. The molecule has 320 valence electrons. The van der Waals surface area contributed by atoms with Crippen molar-refractivity contribution in [2.24, 2.45) is 23.7 Å². The molecule has 0 unspecified atom stereocenters. The smallest absolute Gasteiger partial charge is 0.411 e. The Labute approximate surface area is 342 Å². The van der Waals surface area contributed by atoms with Crippen molar-refractivity contribution in [3.8, 4) is 0 Å². The lowest BCUT2D eigenvalue weighted by Gasteiger charge is -2.48. The van der Waals surface area contributed by atoms with Gasteiger partial charge in [0.15, 0.2) is 17.7 Å². The average Bonchev–Trinajstić information content (AvgIpc) is 3.45. The zero-order valence-corrected chi connectivity index (χ0v) is 35.9. The lowest BCUT2D eigenvalue weighted by atomic mass is 9.73. The first-order chi connectivity index (χ1) is 27.3. The molecule has 0 radical (unpaired) electrons. The molecule has 0 saturated carbocycles. The lowest BCUT2D eigenvalue weighted by molar-refractivity contribution is -0.295. The third-order valence-electron chi connectivity index (χ3n) is 13.4. The largest absolute Gasteiger partial charge is 0.458 e. The van der Waals surface area contributed by atoms with Gasteiger partial charge in [-0.25, -0.2) is 4.79 Å². The van der Waals surface area contributed by atoms with Gasteiger partial charge in [0, 0.05) is 62.9 Å². The number of likely N-dealkylation sites (tertiary alicyclic amines) is 1. The van der Waals surface area contributed by atoms with Crippen LogP contribution in [0.2, 0.25) is 0 Å². The van der Waals surface area contributed by atoms with E-state index in [-0.39, 0.29) is 36.8 Å². The summed E-state index contributed by atoms with van der Waals surface area (Å²) in [5.41, 5.74) is -0.0417. The minimum absolute atomic E-state index is 0.129. The van der Waals surface area contributed by atoms with Crippen molar-refractivity contribution in [1.82, 2.24) is 24.7 Å². The van der Waals surface area contributed by atoms with Crippen LogP contribution in [0.3, 0.4) is 0 Å². The molecule has 13 atom stereocenters. The maximum atomic E-state index is 14.8. The molecule has 5 heterocycles. The van der Waals surface area contributed by atoms with Gasteiger partial charge >= 0.3 is 12.1 Å². The number of methoxy groups -OCH3 is 1. The van der Waals surface area contributed by atoms with Crippen LogP contribution in [0.15, 0.2) is 30.6 Å². The molecule has 4 saturated heterocycles. The summed E-state index contributed by atoms with van der Waals surface area (Å²) >= 11 is 0. The van der Waals surface area contributed by atoms with E-state index in [1.54, 1.807) is 38.1 Å². The first-order valence-corrected chi connectivity index (χ1v) is 20.8. The van der Waals surface area contributed by atoms with Gasteiger partial charge in [0.2, 0.25) is 0 Å². The highest BCUT2D eigenvalue weighted by atomic mass is 16.7. The van der Waals surface area contributed by atoms with Crippen LogP contribution in [0.4, 0.5) is 4.79 Å². The summed E-state index contributed by atoms with van der Waals surface area (Å²) in [6, 6.07) is 4.54. The molecule has 0 spiro atoms. The number of ether oxygens (including phenoxy) is 5. The van der Waals surface area contributed by atoms with Gasteiger partial charge in [0.1, 0.15) is 23.9 Å². The maximum Gasteiger partial charge on any atom is 0.411 e. The summed E-state index contributed by atoms with van der Waals surface area (Å²) in [4.78, 5) is 72.1. The van der Waals surface area contributed by atoms with Crippen molar-refractivity contribution in [1.29, 1.82) is 0 Å². The Kier molecular flexibility index (Phi) is 13.0. The SMILES string of the molecule is CC[C@H]1OC(=O)[C@H](C)C(=O)[C@H](C)[C@@H](O[C@@H]2O[C@H](C)C[C@H](N(C)C)[C@H]2O)[C@](C)(OC)C[C@@H](C)C(=O)[C@H](C)[C@H]2N(C3CN(Cc4cccc5nccnc45)C3)C(=O)O[C@]12C. The Morgan fingerprint density at radius 1 is 0.983 bits per heavy atom. The van der Waals surface area contributed by atoms with E-state index in [0.29, 0.717) is 26.1 Å². The molecular formula is C43H63N5O10. The molecule has 1 aromatic carbocycles. The number of fused-ring (bicyclic) bond motifs is 2. The standard InChI is InChI=1S/C43H63N5O10/c1-12-32-43(8)37(48(41(53)58-43)29-21-47(22-29)20-28-14-13-15-30-33(28)45-17-16-44-30)25(4)34(49)23(2)19-42(7,54-11)38(26(5)35(50)27(6)39(52)56-32)57-40-36(51)31(46(9)10)18-24(3)55-40/h13-17,23-27,29,31-32,36-38,40,51H,12,18-22H2,1-11H3/t23-,24-,25+,26+,27-,31+,32-,36-,37-,38-,40+,42-,43-/m1/s1. The Hall–Kier alpha value is -3.60. The molecule has 6 rings (SSSR count). The van der Waals surface area contributed by atoms with Crippen LogP contribution in [0.25, 0.3) is 11.0 Å². The molecule has 4 aliphatic rings. The molecule has 0 bridgehead atoms. The molecule has 4 fully saturated rings. The molecule has 15 nitrogen and oxygen atoms in total. The van der Waals surface area contributed by atoms with E-state index in [0.717, 1.165) is 16.6 Å². The average molecular weight is 810 g/mol. The zero-order chi connectivity index (χ0) is 42.4. The molecule has 15 heteroatoms. The number of benzene rings is 1. The number of hydrogen-bond acceptors (Lipinski definition) is 14. The second kappa shape index (κ2) is 17.2. The van der Waals surface area contributed by atoms with Gasteiger partial charge in [-0.1, -0.05) is 39.8 Å². The fourth-order valence-electron chi connectivity index (χ4n) is 10.1. The molecule has 1 aromatic heterocycles. The number of aliphatic hydroxyl groups is 1. The van der Waals surface area contributed by atoms with Crippen molar-refractivity contribution < 1.29 is 48.0 Å². The number of ketones is 2. The van der Waals surface area contributed by atoms with Crippen molar-refractivity contribution in [3.63, 3.8) is 0 Å². The second-order valence-electron chi connectivity index (χ2n) is 17.8. The molecule has 2 aromatic rings. The maximum absolute atomic E-state index is 14.8. The topological polar surface area (TPSA) is 170 Å². The van der Waals surface area contributed by atoms with E-state index in [4.69, 9.17) is 23.7 Å². The summed E-state index contributed by atoms with van der Waals surface area (Å²) in [5.74, 6) is -4.96. The molecular weight excluding hydrogens is 746 g/mol. The molecule has 4 aliphatic heterocycles. The number of esters is 1. The van der Waals surface area contributed by atoms with Gasteiger partial charge in [-0.3, -0.25) is 34.2 Å². The highest BCUT2D eigenvalue weighted by molar-refractivity contribution is 6.00. The molecule has 0 aliphatic carbocycles. The van der Waals surface area contributed by atoms with Gasteiger partial charge in [-0.05, 0) is 72.7 Å². The van der Waals surface area contributed by atoms with E-state index >= 15 is 0 Å². The number of carbonyl (C=O) groups excluding carboxylic acids is 4. The summed E-state index contributed by atoms with van der Waals surface area (Å²) in [5, 5.41) is 11.5. The van der Waals surface area contributed by atoms with Gasteiger partial charge in [0.25, 0.3) is 0 Å². The fourth-order valence-corrected chi connectivity index (χ4v) is 10.1. The molecule has 58 heavy (non-hydrogen) atoms. The van der Waals surface area contributed by atoms with E-state index < -0.39 is 83.4 Å². The highest BCUT2D eigenvalue weighted by Crippen LogP contribution is 2.45. The van der Waals surface area contributed by atoms with Gasteiger partial charge in [-0.15, -0.1) is 0 Å². The minimum Gasteiger partial charge on any atom is -0.458 e. The van der Waals surface area contributed by atoms with Gasteiger partial charge in [0.05, 0.1) is 40.9 Å². The Balaban J connectivity index is 1.32. The minimum atomic E-state index is -1.41. The van der Waals surface area contributed by atoms with Crippen LogP contribution < -0.4 is 0 Å². The quantitative estimate of drug-likeness (QED) is 0.300. The van der Waals surface area contributed by atoms with Crippen molar-refractivity contribution in [2.45, 2.75) is 141 Å². The molecule has 1 N–H and O–H groups in total. The van der Waals surface area contributed by atoms with Crippen LogP contribution in [-0.2, 0) is 44.6 Å². The van der Waals surface area contributed by atoms with Crippen LogP contribution in [-0.4, -0.2) is 148 Å². The first kappa shape index (κ1) is 44.0. The van der Waals surface area contributed by atoms with E-state index in [1.165, 1.54) is 14.0 Å². The van der Waals surface area contributed by atoms with Crippen LogP contribution in [0, 0.1) is 23.7 Å². The number of carbonyl (C=O) groups is 4. The first-order valence-electron chi connectivity index (χ1n) is 20.8. The third kappa shape index (κ3) is 8.14. The van der Waals surface area contributed by atoms with Gasteiger partial charge in [-0.2, -0.15) is 0 Å². The van der Waals surface area contributed by atoms with Crippen molar-refractivity contribution in [3.05, 3.63) is 36.2 Å². The number of hydrogen-bond donors (Lipinski definition) is 1. The summed E-state index contributed by atoms with van der Waals surface area (Å²) in [6.45, 7) is 15.7. The number of Topliss-reactive ketones (excluding diaryl/α,β-unsaturated/α-hetero) is 2. The number of likely N-dealkylation sites (N-methyl/N-ethyl adjacent to an activating group) is 1. The number of aliphatic hydroxyl groups excluding tert-OH is 1. The zero-order valence-electron chi connectivity index (χ0n) is 35.9. The highest BCUT2D eigenvalue weighted by Gasteiger charge is 2.62. The number of amides is 1. The number of cyclic esters (lactones) is 1.